The number of hydrogen-bond donors (Lipinski definition) is 3. The van der Waals surface area contributed by atoms with Gasteiger partial charge in [0, 0.05) is 11.8 Å². The maximum absolute atomic E-state index is 12.5. The topological polar surface area (TPSA) is 104 Å². The maximum Gasteiger partial charge on any atom is 0.279 e. The highest BCUT2D eigenvalue weighted by Gasteiger charge is 2.18. The number of rotatable bonds is 3. The molecule has 1 aromatic heterocycles. The number of aromatic nitrogens is 2. The van der Waals surface area contributed by atoms with Crippen LogP contribution in [0.25, 0.3) is 5.69 Å². The molecule has 0 saturated heterocycles. The molecule has 1 amide bonds. The molecule has 0 unspecified atom stereocenters. The molecule has 0 atom stereocenters. The van der Waals surface area contributed by atoms with Crippen molar-refractivity contribution >= 4 is 34.8 Å². The molecule has 0 radical (unpaired) electrons. The summed E-state index contributed by atoms with van der Waals surface area (Å²) in [5.74, 6) is -1.67. The van der Waals surface area contributed by atoms with Gasteiger partial charge < -0.3 is 15.5 Å². The molecule has 3 N–H and O–H groups in total. The second kappa shape index (κ2) is 7.30. The first-order valence-corrected chi connectivity index (χ1v) is 8.41. The monoisotopic (exact) mass is 405 g/mol. The summed E-state index contributed by atoms with van der Waals surface area (Å²) >= 11 is 11.6. The maximum atomic E-state index is 12.5. The van der Waals surface area contributed by atoms with Crippen molar-refractivity contribution in [2.75, 3.05) is 5.32 Å². The van der Waals surface area contributed by atoms with Crippen LogP contribution >= 0.6 is 23.2 Å². The van der Waals surface area contributed by atoms with Crippen LogP contribution in [0.2, 0.25) is 10.0 Å². The van der Waals surface area contributed by atoms with Crippen molar-refractivity contribution in [2.45, 2.75) is 6.92 Å². The lowest BCUT2D eigenvalue weighted by atomic mass is 10.2. The van der Waals surface area contributed by atoms with Crippen molar-refractivity contribution in [3.63, 3.8) is 0 Å². The molecule has 0 spiro atoms. The number of aromatic hydroxyl groups is 2. The summed E-state index contributed by atoms with van der Waals surface area (Å²) in [6.45, 7) is 1.85. The van der Waals surface area contributed by atoms with Crippen LogP contribution in [0.3, 0.4) is 0 Å². The lowest BCUT2D eigenvalue weighted by Gasteiger charge is -2.11. The number of halogens is 2. The van der Waals surface area contributed by atoms with Crippen molar-refractivity contribution in [1.29, 1.82) is 0 Å². The molecule has 0 aliphatic heterocycles. The van der Waals surface area contributed by atoms with Gasteiger partial charge in [0.2, 0.25) is 0 Å². The molecule has 0 saturated carbocycles. The van der Waals surface area contributed by atoms with E-state index in [0.29, 0.717) is 5.69 Å². The van der Waals surface area contributed by atoms with Gasteiger partial charge in [-0.15, -0.1) is 0 Å². The van der Waals surface area contributed by atoms with Crippen LogP contribution in [0.15, 0.2) is 47.3 Å². The molecule has 7 nitrogen and oxygen atoms in total. The van der Waals surface area contributed by atoms with Crippen LogP contribution in [0.4, 0.5) is 5.69 Å². The van der Waals surface area contributed by atoms with E-state index in [1.807, 2.05) is 13.0 Å². The van der Waals surface area contributed by atoms with Gasteiger partial charge in [-0.3, -0.25) is 9.59 Å². The fourth-order valence-corrected chi connectivity index (χ4v) is 2.87. The Bertz CT molecular complexity index is 1090. The second-order valence-electron chi connectivity index (χ2n) is 5.71. The summed E-state index contributed by atoms with van der Waals surface area (Å²) in [6, 6.07) is 10.4. The molecule has 0 aliphatic carbocycles. The second-order valence-corrected chi connectivity index (χ2v) is 6.52. The third kappa shape index (κ3) is 3.89. The number of phenolic OH excluding ortho intramolecular Hbond substituents is 1. The Kier molecular flexibility index (Phi) is 5.07. The number of benzene rings is 2. The highest BCUT2D eigenvalue weighted by Crippen LogP contribution is 2.34. The smallest absolute Gasteiger partial charge is 0.279 e. The predicted octanol–water partition coefficient (Wildman–Crippen LogP) is 3.51. The fourth-order valence-electron chi connectivity index (χ4n) is 2.38. The predicted molar refractivity (Wildman–Crippen MR) is 102 cm³/mol. The minimum atomic E-state index is -0.785. The van der Waals surface area contributed by atoms with Crippen molar-refractivity contribution < 1.29 is 15.0 Å². The zero-order valence-electron chi connectivity index (χ0n) is 13.9. The summed E-state index contributed by atoms with van der Waals surface area (Å²) < 4.78 is 1.01. The van der Waals surface area contributed by atoms with Gasteiger partial charge in [0.25, 0.3) is 11.5 Å². The fraction of sp³-hybridized carbons (Fsp3) is 0.0556. The first-order chi connectivity index (χ1) is 12.8. The molecule has 0 fully saturated rings. The zero-order chi connectivity index (χ0) is 19.7. The van der Waals surface area contributed by atoms with E-state index in [4.69, 9.17) is 23.2 Å². The first-order valence-electron chi connectivity index (χ1n) is 7.66. The Morgan fingerprint density at radius 1 is 1.11 bits per heavy atom. The van der Waals surface area contributed by atoms with Gasteiger partial charge in [-0.05, 0) is 36.8 Å². The Morgan fingerprint density at radius 2 is 1.78 bits per heavy atom. The molecule has 2 aromatic carbocycles. The molecule has 1 heterocycles. The van der Waals surface area contributed by atoms with Crippen LogP contribution in [0.1, 0.15) is 16.1 Å². The Labute approximate surface area is 163 Å². The Balaban J connectivity index is 2.00. The lowest BCUT2D eigenvalue weighted by Crippen LogP contribution is -2.25. The van der Waals surface area contributed by atoms with Crippen molar-refractivity contribution in [2.24, 2.45) is 0 Å². The summed E-state index contributed by atoms with van der Waals surface area (Å²) in [5, 5.41) is 25.9. The van der Waals surface area contributed by atoms with Gasteiger partial charge in [0.15, 0.2) is 17.2 Å². The van der Waals surface area contributed by atoms with E-state index < -0.39 is 17.2 Å². The largest absolute Gasteiger partial charge is 0.505 e. The van der Waals surface area contributed by atoms with Gasteiger partial charge in [0.05, 0.1) is 15.7 Å². The number of amides is 1. The van der Waals surface area contributed by atoms with E-state index in [2.05, 4.69) is 10.4 Å². The minimum Gasteiger partial charge on any atom is -0.505 e. The van der Waals surface area contributed by atoms with Gasteiger partial charge in [-0.25, -0.2) is 0 Å². The number of carbonyl (C=O) groups is 1. The third-order valence-corrected chi connectivity index (χ3v) is 4.22. The summed E-state index contributed by atoms with van der Waals surface area (Å²) in [6.07, 6.45) is 0. The van der Waals surface area contributed by atoms with Gasteiger partial charge in [-0.1, -0.05) is 35.3 Å². The van der Waals surface area contributed by atoms with Crippen LogP contribution in [-0.2, 0) is 0 Å². The molecule has 3 rings (SSSR count). The van der Waals surface area contributed by atoms with Gasteiger partial charge in [-0.2, -0.15) is 9.78 Å². The molecule has 27 heavy (non-hydrogen) atoms. The average molecular weight is 406 g/mol. The van der Waals surface area contributed by atoms with Crippen LogP contribution in [0.5, 0.6) is 11.5 Å². The molecular weight excluding hydrogens is 393 g/mol. The minimum absolute atomic E-state index is 0.0558. The van der Waals surface area contributed by atoms with Crippen molar-refractivity contribution in [3.8, 4) is 17.2 Å². The quantitative estimate of drug-likeness (QED) is 0.578. The number of carbonyl (C=O) groups excluding carboxylic acids is 1. The van der Waals surface area contributed by atoms with E-state index in [1.54, 1.807) is 18.2 Å². The number of hydrogen-bond acceptors (Lipinski definition) is 5. The Hall–Kier alpha value is -3.03. The molecule has 0 aliphatic rings. The number of phenols is 1. The highest BCUT2D eigenvalue weighted by molar-refractivity contribution is 6.37. The van der Waals surface area contributed by atoms with E-state index in [9.17, 15) is 19.8 Å². The van der Waals surface area contributed by atoms with Gasteiger partial charge >= 0.3 is 0 Å². The van der Waals surface area contributed by atoms with Crippen LogP contribution in [-0.4, -0.2) is 25.9 Å². The number of nitrogens with zero attached hydrogens (tertiary/aromatic N) is 2. The summed E-state index contributed by atoms with van der Waals surface area (Å²) in [7, 11) is 0. The zero-order valence-corrected chi connectivity index (χ0v) is 15.4. The molecule has 138 valence electrons. The third-order valence-electron chi connectivity index (χ3n) is 3.65. The molecule has 9 heteroatoms. The van der Waals surface area contributed by atoms with Crippen LogP contribution in [0, 0.1) is 6.92 Å². The van der Waals surface area contributed by atoms with Gasteiger partial charge in [0.1, 0.15) is 0 Å². The normalized spacial score (nSPS) is 10.6. The summed E-state index contributed by atoms with van der Waals surface area (Å²) in [4.78, 5) is 24.7. The van der Waals surface area contributed by atoms with Crippen LogP contribution < -0.4 is 10.9 Å². The highest BCUT2D eigenvalue weighted by atomic mass is 35.5. The van der Waals surface area contributed by atoms with Crippen molar-refractivity contribution in [1.82, 2.24) is 9.78 Å². The van der Waals surface area contributed by atoms with E-state index in [0.717, 1.165) is 16.3 Å². The molecular formula is C18H13Cl2N3O4. The number of aryl methyl sites for hydroxylation is 1. The average Bonchev–Trinajstić information content (AvgIpc) is 2.59. The van der Waals surface area contributed by atoms with E-state index in [-0.39, 0.29) is 27.2 Å². The van der Waals surface area contributed by atoms with E-state index in [1.165, 1.54) is 12.1 Å². The molecule has 0 bridgehead atoms. The Morgan fingerprint density at radius 3 is 2.41 bits per heavy atom. The lowest BCUT2D eigenvalue weighted by molar-refractivity contribution is 0.101. The SMILES string of the molecule is Cc1cccc(-n2nc(C(=O)Nc3cc(Cl)c(O)c(Cl)c3)c(O)cc2=O)c1. The first kappa shape index (κ1) is 18.8. The standard InChI is InChI=1S/C18H13Cl2N3O4/c1-9-3-2-4-11(5-9)23-15(25)8-14(24)16(22-23)18(27)21-10-6-12(19)17(26)13(20)7-10/h2-8,24,26H,1H3,(H,21,27). The van der Waals surface area contributed by atoms with E-state index >= 15 is 0 Å². The molecule has 3 aromatic rings. The summed E-state index contributed by atoms with van der Waals surface area (Å²) in [5.41, 5.74) is 0.572. The number of nitrogens with one attached hydrogen (secondary N) is 1. The number of anilines is 1. The van der Waals surface area contributed by atoms with Crippen molar-refractivity contribution in [3.05, 3.63) is 74.1 Å².